The van der Waals surface area contributed by atoms with E-state index in [0.29, 0.717) is 28.5 Å². The molecule has 1 aliphatic carbocycles. The fraction of sp³-hybridized carbons (Fsp3) is 0.450. The summed E-state index contributed by atoms with van der Waals surface area (Å²) in [6.45, 7) is 6.61. The minimum absolute atomic E-state index is 0.0258. The number of thiophene rings is 1. The van der Waals surface area contributed by atoms with Crippen molar-refractivity contribution in [3.8, 4) is 0 Å². The Balaban J connectivity index is 1.65. The van der Waals surface area contributed by atoms with Crippen molar-refractivity contribution in [2.24, 2.45) is 0 Å². The average Bonchev–Trinajstić information content (AvgIpc) is 3.14. The highest BCUT2D eigenvalue weighted by Gasteiger charge is 2.19. The number of aromatic nitrogens is 2. The van der Waals surface area contributed by atoms with Crippen molar-refractivity contribution in [1.29, 1.82) is 0 Å². The van der Waals surface area contributed by atoms with Crippen LogP contribution in [0.4, 0.5) is 0 Å². The normalized spacial score (nSPS) is 15.4. The van der Waals surface area contributed by atoms with Gasteiger partial charge in [-0.25, -0.2) is 4.98 Å². The Kier molecular flexibility index (Phi) is 6.90. The summed E-state index contributed by atoms with van der Waals surface area (Å²) in [5, 5.41) is 5.73. The van der Waals surface area contributed by atoms with Crippen LogP contribution in [-0.2, 0) is 11.3 Å². The third-order valence-electron chi connectivity index (χ3n) is 4.64. The first-order valence-corrected chi connectivity index (χ1v) is 11.1. The summed E-state index contributed by atoms with van der Waals surface area (Å²) < 4.78 is 1.59. The van der Waals surface area contributed by atoms with Gasteiger partial charge >= 0.3 is 0 Å². The monoisotopic (exact) mass is 403 g/mol. The van der Waals surface area contributed by atoms with Gasteiger partial charge in [0.05, 0.1) is 10.6 Å². The molecule has 1 N–H and O–H groups in total. The molecule has 7 heteroatoms. The molecule has 0 aliphatic heterocycles. The molecule has 144 valence electrons. The number of amides is 1. The lowest BCUT2D eigenvalue weighted by molar-refractivity contribution is -0.120. The van der Waals surface area contributed by atoms with Gasteiger partial charge in [-0.3, -0.25) is 14.2 Å². The Bertz CT molecular complexity index is 914. The lowest BCUT2D eigenvalue weighted by Gasteiger charge is -2.16. The van der Waals surface area contributed by atoms with E-state index in [1.165, 1.54) is 41.5 Å². The largest absolute Gasteiger partial charge is 0.355 e. The summed E-state index contributed by atoms with van der Waals surface area (Å²) in [5.41, 5.74) is 1.37. The zero-order valence-corrected chi connectivity index (χ0v) is 17.2. The van der Waals surface area contributed by atoms with Crippen LogP contribution in [0.1, 0.15) is 39.0 Å². The highest BCUT2D eigenvalue weighted by atomic mass is 32.2. The smallest absolute Gasteiger partial charge is 0.263 e. The van der Waals surface area contributed by atoms with Gasteiger partial charge in [-0.15, -0.1) is 17.9 Å². The molecule has 1 atom stereocenters. The molecule has 2 heterocycles. The van der Waals surface area contributed by atoms with E-state index in [-0.39, 0.29) is 16.7 Å². The molecule has 0 bridgehead atoms. The van der Waals surface area contributed by atoms with E-state index < -0.39 is 0 Å². The molecule has 0 saturated heterocycles. The summed E-state index contributed by atoms with van der Waals surface area (Å²) in [7, 11) is 0. The van der Waals surface area contributed by atoms with Gasteiger partial charge in [0.2, 0.25) is 5.91 Å². The van der Waals surface area contributed by atoms with Crippen LogP contribution in [0, 0.1) is 0 Å². The molecule has 0 radical (unpaired) electrons. The van der Waals surface area contributed by atoms with Gasteiger partial charge in [-0.2, -0.15) is 0 Å². The lowest BCUT2D eigenvalue weighted by Crippen LogP contribution is -2.32. The fourth-order valence-corrected chi connectivity index (χ4v) is 4.89. The van der Waals surface area contributed by atoms with Gasteiger partial charge < -0.3 is 5.32 Å². The standard InChI is InChI=1S/C20H25N3O2S2/c1-3-12-23-19(25)16-10-13-26-18(16)22-20(23)27-14(2)17(24)21-11-9-15-7-5-4-6-8-15/h3,7,10,13-14H,1,4-6,8-9,11-12H2,2H3,(H,21,24). The second-order valence-electron chi connectivity index (χ2n) is 6.65. The van der Waals surface area contributed by atoms with Crippen molar-refractivity contribution in [1.82, 2.24) is 14.9 Å². The van der Waals surface area contributed by atoms with E-state index in [1.807, 2.05) is 12.3 Å². The molecular formula is C20H25N3O2S2. The number of fused-ring (bicyclic) bond motifs is 1. The van der Waals surface area contributed by atoms with Gasteiger partial charge in [0.15, 0.2) is 5.16 Å². The number of allylic oxidation sites excluding steroid dienone is 2. The van der Waals surface area contributed by atoms with Gasteiger partial charge in [0.25, 0.3) is 5.56 Å². The second kappa shape index (κ2) is 9.37. The average molecular weight is 404 g/mol. The predicted octanol–water partition coefficient (Wildman–Crippen LogP) is 4.13. The molecule has 1 amide bonds. The van der Waals surface area contributed by atoms with Crippen LogP contribution < -0.4 is 10.9 Å². The molecule has 5 nitrogen and oxygen atoms in total. The molecule has 2 aromatic heterocycles. The molecule has 1 unspecified atom stereocenters. The van der Waals surface area contributed by atoms with E-state index >= 15 is 0 Å². The maximum absolute atomic E-state index is 12.7. The summed E-state index contributed by atoms with van der Waals surface area (Å²) in [4.78, 5) is 30.4. The van der Waals surface area contributed by atoms with Crippen LogP contribution in [0.15, 0.2) is 45.7 Å². The minimum atomic E-state index is -0.328. The summed E-state index contributed by atoms with van der Waals surface area (Å²) in [6.07, 6.45) is 9.74. The topological polar surface area (TPSA) is 64.0 Å². The van der Waals surface area contributed by atoms with Gasteiger partial charge in [-0.05, 0) is 50.5 Å². The molecule has 2 aromatic rings. The Morgan fingerprint density at radius 1 is 1.52 bits per heavy atom. The Morgan fingerprint density at radius 2 is 2.37 bits per heavy atom. The predicted molar refractivity (Wildman–Crippen MR) is 114 cm³/mol. The van der Waals surface area contributed by atoms with Crippen LogP contribution in [0.2, 0.25) is 0 Å². The molecule has 3 rings (SSSR count). The summed E-state index contributed by atoms with van der Waals surface area (Å²) in [6, 6.07) is 1.79. The first kappa shape index (κ1) is 19.9. The first-order valence-electron chi connectivity index (χ1n) is 9.31. The van der Waals surface area contributed by atoms with Gasteiger partial charge in [0, 0.05) is 13.1 Å². The van der Waals surface area contributed by atoms with Gasteiger partial charge in [-0.1, -0.05) is 29.5 Å². The van der Waals surface area contributed by atoms with E-state index in [0.717, 1.165) is 19.3 Å². The van der Waals surface area contributed by atoms with Gasteiger partial charge in [0.1, 0.15) is 4.83 Å². The third kappa shape index (κ3) is 4.90. The molecule has 0 saturated carbocycles. The zero-order valence-electron chi connectivity index (χ0n) is 15.6. The number of hydrogen-bond acceptors (Lipinski definition) is 5. The van der Waals surface area contributed by atoms with Crippen molar-refractivity contribution in [3.05, 3.63) is 46.1 Å². The van der Waals surface area contributed by atoms with E-state index in [4.69, 9.17) is 0 Å². The summed E-state index contributed by atoms with van der Waals surface area (Å²) >= 11 is 2.76. The zero-order chi connectivity index (χ0) is 19.2. The van der Waals surface area contributed by atoms with Crippen LogP contribution >= 0.6 is 23.1 Å². The van der Waals surface area contributed by atoms with Crippen molar-refractivity contribution in [3.63, 3.8) is 0 Å². The fourth-order valence-electron chi connectivity index (χ4n) is 3.14. The Morgan fingerprint density at radius 3 is 3.11 bits per heavy atom. The van der Waals surface area contributed by atoms with E-state index in [2.05, 4.69) is 23.0 Å². The number of nitrogens with zero attached hydrogens (tertiary/aromatic N) is 2. The quantitative estimate of drug-likeness (QED) is 0.409. The first-order chi connectivity index (χ1) is 13.1. The number of carbonyl (C=O) groups is 1. The molecule has 0 aromatic carbocycles. The highest BCUT2D eigenvalue weighted by molar-refractivity contribution is 8.00. The van der Waals surface area contributed by atoms with E-state index in [1.54, 1.807) is 16.7 Å². The van der Waals surface area contributed by atoms with E-state index in [9.17, 15) is 9.59 Å². The minimum Gasteiger partial charge on any atom is -0.355 e. The van der Waals surface area contributed by atoms with Crippen molar-refractivity contribution >= 4 is 39.2 Å². The van der Waals surface area contributed by atoms with Crippen LogP contribution in [-0.4, -0.2) is 27.3 Å². The van der Waals surface area contributed by atoms with Crippen molar-refractivity contribution < 1.29 is 4.79 Å². The van der Waals surface area contributed by atoms with Crippen molar-refractivity contribution in [2.75, 3.05) is 6.54 Å². The lowest BCUT2D eigenvalue weighted by atomic mass is 9.97. The van der Waals surface area contributed by atoms with Crippen LogP contribution in [0.3, 0.4) is 0 Å². The van der Waals surface area contributed by atoms with Crippen molar-refractivity contribution in [2.45, 2.75) is 56.0 Å². The maximum atomic E-state index is 12.7. The third-order valence-corrected chi connectivity index (χ3v) is 6.54. The summed E-state index contributed by atoms with van der Waals surface area (Å²) in [5.74, 6) is -0.0258. The number of carbonyl (C=O) groups excluding carboxylic acids is 1. The molecule has 27 heavy (non-hydrogen) atoms. The van der Waals surface area contributed by atoms with Crippen LogP contribution in [0.25, 0.3) is 10.2 Å². The molecule has 1 aliphatic rings. The number of rotatable bonds is 8. The Labute approximate surface area is 167 Å². The highest BCUT2D eigenvalue weighted by Crippen LogP contribution is 2.25. The SMILES string of the molecule is C=CCn1c(SC(C)C(=O)NCCC2=CCCCC2)nc2sccc2c1=O. The van der Waals surface area contributed by atoms with Crippen LogP contribution in [0.5, 0.6) is 0 Å². The Hall–Kier alpha value is -1.86. The molecule has 0 spiro atoms. The number of nitrogens with one attached hydrogen (secondary N) is 1. The molecule has 0 fully saturated rings. The number of hydrogen-bond donors (Lipinski definition) is 1. The second-order valence-corrected chi connectivity index (χ2v) is 8.85. The maximum Gasteiger partial charge on any atom is 0.263 e. The number of thioether (sulfide) groups is 1. The molecular weight excluding hydrogens is 378 g/mol.